The van der Waals surface area contributed by atoms with Crippen molar-refractivity contribution in [2.45, 2.75) is 12.5 Å². The van der Waals surface area contributed by atoms with E-state index in [0.717, 1.165) is 6.54 Å². The Balaban J connectivity index is 1.97. The average Bonchev–Trinajstić information content (AvgIpc) is 2.44. The molecule has 2 aromatic carbocycles. The summed E-state index contributed by atoms with van der Waals surface area (Å²) in [4.78, 5) is 0. The Hall–Kier alpha value is -1.42. The third kappa shape index (κ3) is 4.03. The third-order valence-electron chi connectivity index (χ3n) is 3.20. The van der Waals surface area contributed by atoms with Crippen LogP contribution in [0.4, 0.5) is 0 Å². The second kappa shape index (κ2) is 7.24. The van der Waals surface area contributed by atoms with E-state index in [1.807, 2.05) is 18.2 Å². The minimum atomic E-state index is -0.373. The van der Waals surface area contributed by atoms with E-state index in [1.54, 1.807) is 7.11 Å². The molecule has 0 aliphatic heterocycles. The Bertz CT molecular complexity index is 508. The maximum absolute atomic E-state index is 10.1. The molecule has 0 aliphatic carbocycles. The van der Waals surface area contributed by atoms with Crippen molar-refractivity contribution < 1.29 is 9.84 Å². The summed E-state index contributed by atoms with van der Waals surface area (Å²) in [5.41, 5.74) is 1.19. The highest BCUT2D eigenvalue weighted by atomic mass is 16.5. The Kier molecular flexibility index (Phi) is 5.33. The number of rotatable bonds is 7. The van der Waals surface area contributed by atoms with E-state index in [1.165, 1.54) is 16.3 Å². The lowest BCUT2D eigenvalue weighted by Gasteiger charge is -2.13. The molecule has 0 spiro atoms. The van der Waals surface area contributed by atoms with Crippen LogP contribution < -0.4 is 5.32 Å². The van der Waals surface area contributed by atoms with Gasteiger partial charge in [0, 0.05) is 26.6 Å². The average molecular weight is 259 g/mol. The van der Waals surface area contributed by atoms with E-state index in [0.29, 0.717) is 19.6 Å². The lowest BCUT2D eigenvalue weighted by atomic mass is 10.00. The first-order chi connectivity index (χ1) is 9.31. The normalized spacial score (nSPS) is 12.7. The van der Waals surface area contributed by atoms with Gasteiger partial charge < -0.3 is 15.2 Å². The van der Waals surface area contributed by atoms with Crippen molar-refractivity contribution in [3.8, 4) is 0 Å². The van der Waals surface area contributed by atoms with Crippen molar-refractivity contribution >= 4 is 10.8 Å². The Labute approximate surface area is 114 Å². The molecule has 0 heterocycles. The largest absolute Gasteiger partial charge is 0.391 e. The van der Waals surface area contributed by atoms with E-state index in [4.69, 9.17) is 4.74 Å². The fourth-order valence-electron chi connectivity index (χ4n) is 2.24. The van der Waals surface area contributed by atoms with Crippen molar-refractivity contribution in [2.24, 2.45) is 0 Å². The van der Waals surface area contributed by atoms with E-state index in [2.05, 4.69) is 29.6 Å². The van der Waals surface area contributed by atoms with Gasteiger partial charge >= 0.3 is 0 Å². The molecule has 102 valence electrons. The summed E-state index contributed by atoms with van der Waals surface area (Å²) in [6.07, 6.45) is 0.295. The second-order valence-corrected chi connectivity index (χ2v) is 4.69. The highest BCUT2D eigenvalue weighted by molar-refractivity contribution is 5.85. The fourth-order valence-corrected chi connectivity index (χ4v) is 2.24. The number of aliphatic hydroxyl groups is 1. The van der Waals surface area contributed by atoms with Crippen LogP contribution in [0.5, 0.6) is 0 Å². The molecule has 0 radical (unpaired) electrons. The third-order valence-corrected chi connectivity index (χ3v) is 3.20. The molecule has 2 N–H and O–H groups in total. The Morgan fingerprint density at radius 3 is 2.79 bits per heavy atom. The zero-order chi connectivity index (χ0) is 13.5. The molecule has 3 nitrogen and oxygen atoms in total. The zero-order valence-corrected chi connectivity index (χ0v) is 11.3. The number of hydrogen-bond acceptors (Lipinski definition) is 3. The van der Waals surface area contributed by atoms with E-state index >= 15 is 0 Å². The van der Waals surface area contributed by atoms with Crippen LogP contribution in [0.3, 0.4) is 0 Å². The SMILES string of the molecule is COCCNCC(O)Cc1cccc2ccccc12. The highest BCUT2D eigenvalue weighted by Crippen LogP contribution is 2.19. The van der Waals surface area contributed by atoms with E-state index in [9.17, 15) is 5.11 Å². The standard InChI is InChI=1S/C16H21NO2/c1-19-10-9-17-12-15(18)11-14-7-4-6-13-5-2-3-8-16(13)14/h2-8,15,17-18H,9-12H2,1H3. The molecule has 0 fully saturated rings. The first-order valence-electron chi connectivity index (χ1n) is 6.65. The van der Waals surface area contributed by atoms with Crippen molar-refractivity contribution in [1.29, 1.82) is 0 Å². The molecule has 2 aromatic rings. The van der Waals surface area contributed by atoms with Crippen LogP contribution in [0.25, 0.3) is 10.8 Å². The molecule has 0 amide bonds. The molecule has 1 unspecified atom stereocenters. The zero-order valence-electron chi connectivity index (χ0n) is 11.3. The van der Waals surface area contributed by atoms with Crippen LogP contribution in [-0.2, 0) is 11.2 Å². The summed E-state index contributed by atoms with van der Waals surface area (Å²) in [6.45, 7) is 2.02. The minimum absolute atomic E-state index is 0.373. The van der Waals surface area contributed by atoms with Crippen LogP contribution in [0.2, 0.25) is 0 Å². The molecule has 1 atom stereocenters. The number of ether oxygens (including phenoxy) is 1. The molecule has 3 heteroatoms. The van der Waals surface area contributed by atoms with Gasteiger partial charge in [-0.25, -0.2) is 0 Å². The number of nitrogens with one attached hydrogen (secondary N) is 1. The van der Waals surface area contributed by atoms with E-state index < -0.39 is 0 Å². The van der Waals surface area contributed by atoms with E-state index in [-0.39, 0.29) is 6.10 Å². The summed E-state index contributed by atoms with van der Waals surface area (Å²) >= 11 is 0. The number of aliphatic hydroxyl groups excluding tert-OH is 1. The van der Waals surface area contributed by atoms with Gasteiger partial charge in [-0.15, -0.1) is 0 Å². The summed E-state index contributed by atoms with van der Waals surface area (Å²) in [7, 11) is 1.67. The number of methoxy groups -OCH3 is 1. The van der Waals surface area contributed by atoms with Gasteiger partial charge in [-0.1, -0.05) is 42.5 Å². The predicted molar refractivity (Wildman–Crippen MR) is 78.4 cm³/mol. The first kappa shape index (κ1) is 14.0. The van der Waals surface area contributed by atoms with Gasteiger partial charge in [0.2, 0.25) is 0 Å². The highest BCUT2D eigenvalue weighted by Gasteiger charge is 2.07. The fraction of sp³-hybridized carbons (Fsp3) is 0.375. The molecule has 0 aromatic heterocycles. The molecule has 0 aliphatic rings. The van der Waals surface area contributed by atoms with Crippen LogP contribution in [0.1, 0.15) is 5.56 Å². The van der Waals surface area contributed by atoms with Gasteiger partial charge in [0.05, 0.1) is 12.7 Å². The van der Waals surface area contributed by atoms with Crippen LogP contribution in [0, 0.1) is 0 Å². The molecular weight excluding hydrogens is 238 g/mol. The second-order valence-electron chi connectivity index (χ2n) is 4.69. The number of fused-ring (bicyclic) bond motifs is 1. The van der Waals surface area contributed by atoms with Crippen LogP contribution in [-0.4, -0.2) is 38.0 Å². The van der Waals surface area contributed by atoms with Crippen molar-refractivity contribution in [2.75, 3.05) is 26.8 Å². The summed E-state index contributed by atoms with van der Waals surface area (Å²) in [5, 5.41) is 15.7. The molecular formula is C16H21NO2. The molecule has 0 bridgehead atoms. The molecule has 19 heavy (non-hydrogen) atoms. The van der Waals surface area contributed by atoms with Gasteiger partial charge in [-0.05, 0) is 16.3 Å². The number of benzene rings is 2. The quantitative estimate of drug-likeness (QED) is 0.747. The van der Waals surface area contributed by atoms with Gasteiger partial charge in [-0.3, -0.25) is 0 Å². The van der Waals surface area contributed by atoms with Crippen LogP contribution in [0.15, 0.2) is 42.5 Å². The lowest BCUT2D eigenvalue weighted by Crippen LogP contribution is -2.30. The molecule has 0 saturated carbocycles. The summed E-state index contributed by atoms with van der Waals surface area (Å²) in [5.74, 6) is 0. The Morgan fingerprint density at radius 1 is 1.16 bits per heavy atom. The van der Waals surface area contributed by atoms with Crippen molar-refractivity contribution in [1.82, 2.24) is 5.32 Å². The maximum atomic E-state index is 10.1. The summed E-state index contributed by atoms with van der Waals surface area (Å²) < 4.78 is 4.96. The smallest absolute Gasteiger partial charge is 0.0705 e. The predicted octanol–water partition coefficient (Wildman–Crippen LogP) is 1.98. The molecule has 0 saturated heterocycles. The van der Waals surface area contributed by atoms with Crippen molar-refractivity contribution in [3.05, 3.63) is 48.0 Å². The first-order valence-corrected chi connectivity index (χ1v) is 6.65. The topological polar surface area (TPSA) is 41.5 Å². The lowest BCUT2D eigenvalue weighted by molar-refractivity contribution is 0.160. The van der Waals surface area contributed by atoms with Gasteiger partial charge in [-0.2, -0.15) is 0 Å². The maximum Gasteiger partial charge on any atom is 0.0705 e. The van der Waals surface area contributed by atoms with Gasteiger partial charge in [0.15, 0.2) is 0 Å². The van der Waals surface area contributed by atoms with Gasteiger partial charge in [0.25, 0.3) is 0 Å². The minimum Gasteiger partial charge on any atom is -0.391 e. The van der Waals surface area contributed by atoms with Crippen LogP contribution >= 0.6 is 0 Å². The van der Waals surface area contributed by atoms with Crippen molar-refractivity contribution in [3.63, 3.8) is 0 Å². The number of hydrogen-bond donors (Lipinski definition) is 2. The monoisotopic (exact) mass is 259 g/mol. The van der Waals surface area contributed by atoms with Gasteiger partial charge in [0.1, 0.15) is 0 Å². The summed E-state index contributed by atoms with van der Waals surface area (Å²) in [6, 6.07) is 14.5. The Morgan fingerprint density at radius 2 is 1.95 bits per heavy atom. The molecule has 2 rings (SSSR count).